The first-order valence-corrected chi connectivity index (χ1v) is 25.2. The molecule has 4 fully saturated rings. The largest absolute Gasteiger partial charge is 0.462 e. The molecule has 4 aliphatic rings. The predicted octanol–water partition coefficient (Wildman–Crippen LogP) is 4.63. The van der Waals surface area contributed by atoms with Crippen molar-refractivity contribution in [2.45, 2.75) is 192 Å². The normalized spacial score (nSPS) is 31.0. The van der Waals surface area contributed by atoms with Crippen LogP contribution in [0.1, 0.15) is 163 Å². The van der Waals surface area contributed by atoms with Gasteiger partial charge in [0.1, 0.15) is 31.5 Å². The van der Waals surface area contributed by atoms with E-state index in [9.17, 15) is 28.8 Å². The second kappa shape index (κ2) is 26.4. The van der Waals surface area contributed by atoms with Crippen LogP contribution in [0.2, 0.25) is 0 Å². The Morgan fingerprint density at radius 1 is 0.591 bits per heavy atom. The molecule has 378 valence electrons. The van der Waals surface area contributed by atoms with Gasteiger partial charge in [0, 0.05) is 44.4 Å². The Bertz CT molecular complexity index is 1600. The molecule has 17 nitrogen and oxygen atoms in total. The van der Waals surface area contributed by atoms with E-state index in [1.54, 1.807) is 0 Å². The summed E-state index contributed by atoms with van der Waals surface area (Å²) in [5.74, 6) is -3.18. The maximum Gasteiger partial charge on any atom is 0.307 e. The second-order valence-corrected chi connectivity index (χ2v) is 20.2. The highest BCUT2D eigenvalue weighted by molar-refractivity contribution is 5.72. The SMILES string of the molecule is CCCCCCCCCC(=O)OCC(COC(=O)CC[C@@H](C)[C@H]1CC[C@@H]2[C@]1(C)[C@@H](OC(=O)CCN)C[C@@H]1[C@@]3(C)CC[C@@H](OC(=O)CCN)C[C@H]3C[C@@H](OC(=O)CCN)[C@]12N)OC(=O)CCN. The first-order valence-electron chi connectivity index (χ1n) is 25.2. The van der Waals surface area contributed by atoms with Crippen molar-refractivity contribution in [3.8, 4) is 0 Å². The standard InChI is InChI=1S/C49H85N5O12/c1-5-6-7-8-9-10-11-12-41(55)61-30-35(64-44(58)19-24-51)31-62-42(56)16-13-32(2)36-14-15-37-48(36,4)39(65-45(59)20-25-52)29-38-47(3)22-17-34(63-43(57)18-23-50)27-33(47)28-40(49(37,38)54)66-46(60)21-26-53/h32-40H,5-31,50-54H2,1-4H3/t32-,33+,34-,35?,36-,37-,38-,39+,40-,47+,48-,49-/m1/s1. The van der Waals surface area contributed by atoms with Gasteiger partial charge in [-0.3, -0.25) is 28.8 Å². The van der Waals surface area contributed by atoms with Crippen molar-refractivity contribution in [2.75, 3.05) is 39.4 Å². The topological polar surface area (TPSA) is 288 Å². The van der Waals surface area contributed by atoms with Crippen molar-refractivity contribution in [1.29, 1.82) is 0 Å². The highest BCUT2D eigenvalue weighted by atomic mass is 16.6. The third kappa shape index (κ3) is 14.1. The van der Waals surface area contributed by atoms with Crippen LogP contribution in [0, 0.1) is 40.4 Å². The summed E-state index contributed by atoms with van der Waals surface area (Å²) in [7, 11) is 0. The fraction of sp³-hybridized carbons (Fsp3) is 0.878. The van der Waals surface area contributed by atoms with Gasteiger partial charge >= 0.3 is 35.8 Å². The van der Waals surface area contributed by atoms with Gasteiger partial charge in [-0.25, -0.2) is 0 Å². The molecule has 4 aliphatic carbocycles. The van der Waals surface area contributed by atoms with Crippen LogP contribution in [0.3, 0.4) is 0 Å². The summed E-state index contributed by atoms with van der Waals surface area (Å²) < 4.78 is 35.3. The Balaban J connectivity index is 1.49. The summed E-state index contributed by atoms with van der Waals surface area (Å²) in [6.07, 6.45) is 10.2. The van der Waals surface area contributed by atoms with Crippen molar-refractivity contribution in [1.82, 2.24) is 0 Å². The number of nitrogens with two attached hydrogens (primary N) is 5. The van der Waals surface area contributed by atoms with Crippen molar-refractivity contribution in [2.24, 2.45) is 69.1 Å². The number of fused-ring (bicyclic) bond motifs is 5. The zero-order chi connectivity index (χ0) is 48.5. The van der Waals surface area contributed by atoms with Gasteiger partial charge in [0.25, 0.3) is 0 Å². The van der Waals surface area contributed by atoms with Crippen molar-refractivity contribution < 1.29 is 57.2 Å². The molecule has 66 heavy (non-hydrogen) atoms. The number of carbonyl (C=O) groups excluding carboxylic acids is 6. The average molecular weight is 936 g/mol. The number of rotatable bonds is 28. The van der Waals surface area contributed by atoms with E-state index in [-0.39, 0.29) is 125 Å². The molecule has 0 aromatic heterocycles. The zero-order valence-corrected chi connectivity index (χ0v) is 40.6. The number of hydrogen-bond donors (Lipinski definition) is 5. The van der Waals surface area contributed by atoms with Gasteiger partial charge in [0.05, 0.1) is 31.2 Å². The third-order valence-electron chi connectivity index (χ3n) is 15.9. The Morgan fingerprint density at radius 3 is 1.74 bits per heavy atom. The van der Waals surface area contributed by atoms with Crippen molar-refractivity contribution >= 4 is 35.8 Å². The molecule has 0 aliphatic heterocycles. The quantitative estimate of drug-likeness (QED) is 0.0406. The first-order chi connectivity index (χ1) is 31.5. The number of unbranched alkanes of at least 4 members (excludes halogenated alkanes) is 6. The lowest BCUT2D eigenvalue weighted by Crippen LogP contribution is -2.77. The summed E-state index contributed by atoms with van der Waals surface area (Å²) >= 11 is 0. The van der Waals surface area contributed by atoms with Crippen molar-refractivity contribution in [3.63, 3.8) is 0 Å². The monoisotopic (exact) mass is 936 g/mol. The molecular weight excluding hydrogens is 851 g/mol. The summed E-state index contributed by atoms with van der Waals surface area (Å²) in [4.78, 5) is 77.6. The molecule has 0 saturated heterocycles. The maximum absolute atomic E-state index is 13.4. The first kappa shape index (κ1) is 55.2. The fourth-order valence-electron chi connectivity index (χ4n) is 12.5. The Morgan fingerprint density at radius 2 is 1.14 bits per heavy atom. The van der Waals surface area contributed by atoms with Gasteiger partial charge in [-0.1, -0.05) is 66.2 Å². The van der Waals surface area contributed by atoms with Gasteiger partial charge in [-0.2, -0.15) is 0 Å². The molecule has 0 spiro atoms. The molecular formula is C49H85N5O12. The Kier molecular flexibility index (Phi) is 22.1. The van der Waals surface area contributed by atoms with Crippen LogP contribution in [0.25, 0.3) is 0 Å². The molecule has 10 N–H and O–H groups in total. The highest BCUT2D eigenvalue weighted by Gasteiger charge is 2.73. The minimum absolute atomic E-state index is 0.00287. The van der Waals surface area contributed by atoms with Crippen LogP contribution in [-0.4, -0.2) is 105 Å². The number of hydrogen-bond acceptors (Lipinski definition) is 17. The highest BCUT2D eigenvalue weighted by Crippen LogP contribution is 2.70. The van der Waals surface area contributed by atoms with E-state index in [4.69, 9.17) is 57.1 Å². The summed E-state index contributed by atoms with van der Waals surface area (Å²) in [6, 6.07) is 0. The average Bonchev–Trinajstić information content (AvgIpc) is 3.64. The van der Waals surface area contributed by atoms with Crippen LogP contribution in [0.15, 0.2) is 0 Å². The van der Waals surface area contributed by atoms with Gasteiger partial charge in [-0.05, 0) is 92.8 Å². The molecule has 0 aromatic rings. The molecule has 12 atom stereocenters. The van der Waals surface area contributed by atoms with Gasteiger partial charge in [0.15, 0.2) is 6.10 Å². The zero-order valence-electron chi connectivity index (χ0n) is 40.6. The van der Waals surface area contributed by atoms with E-state index in [1.807, 2.05) is 0 Å². The molecule has 17 heteroatoms. The molecule has 0 aromatic carbocycles. The number of esters is 6. The minimum Gasteiger partial charge on any atom is -0.462 e. The molecule has 4 rings (SSSR count). The lowest BCUT2D eigenvalue weighted by Gasteiger charge is -2.68. The third-order valence-corrected chi connectivity index (χ3v) is 15.9. The summed E-state index contributed by atoms with van der Waals surface area (Å²) in [6.45, 7) is 8.66. The van der Waals surface area contributed by atoms with Gasteiger partial charge in [-0.15, -0.1) is 0 Å². The Hall–Kier alpha value is -3.38. The molecule has 0 bridgehead atoms. The van der Waals surface area contributed by atoms with E-state index in [1.165, 1.54) is 19.3 Å². The fourth-order valence-corrected chi connectivity index (χ4v) is 12.5. The van der Waals surface area contributed by atoms with Gasteiger partial charge < -0.3 is 57.1 Å². The van der Waals surface area contributed by atoms with E-state index in [0.717, 1.165) is 32.1 Å². The van der Waals surface area contributed by atoms with E-state index in [2.05, 4.69) is 27.7 Å². The van der Waals surface area contributed by atoms with Crippen LogP contribution in [0.5, 0.6) is 0 Å². The number of carbonyl (C=O) groups is 6. The van der Waals surface area contributed by atoms with Crippen LogP contribution < -0.4 is 28.7 Å². The molecule has 0 radical (unpaired) electrons. The van der Waals surface area contributed by atoms with Crippen LogP contribution in [-0.2, 0) is 57.2 Å². The van der Waals surface area contributed by atoms with E-state index < -0.39 is 59.1 Å². The lowest BCUT2D eigenvalue weighted by molar-refractivity contribution is -0.234. The van der Waals surface area contributed by atoms with Gasteiger partial charge in [0.2, 0.25) is 0 Å². The van der Waals surface area contributed by atoms with Crippen LogP contribution in [0.4, 0.5) is 0 Å². The molecule has 4 saturated carbocycles. The predicted molar refractivity (Wildman–Crippen MR) is 247 cm³/mol. The molecule has 0 amide bonds. The number of ether oxygens (including phenoxy) is 6. The summed E-state index contributed by atoms with van der Waals surface area (Å²) in [5, 5.41) is 0. The molecule has 1 unspecified atom stereocenters. The van der Waals surface area contributed by atoms with E-state index >= 15 is 0 Å². The minimum atomic E-state index is -0.994. The maximum atomic E-state index is 13.4. The van der Waals surface area contributed by atoms with Crippen molar-refractivity contribution in [3.05, 3.63) is 0 Å². The van der Waals surface area contributed by atoms with E-state index in [0.29, 0.717) is 44.9 Å². The lowest BCUT2D eigenvalue weighted by atomic mass is 9.40. The summed E-state index contributed by atoms with van der Waals surface area (Å²) in [5.41, 5.74) is 28.7. The van der Waals surface area contributed by atoms with Crippen LogP contribution >= 0.6 is 0 Å². The molecule has 0 heterocycles. The Labute approximate surface area is 393 Å². The smallest absolute Gasteiger partial charge is 0.307 e. The second-order valence-electron chi connectivity index (χ2n) is 20.2.